The van der Waals surface area contributed by atoms with Gasteiger partial charge in [0, 0.05) is 23.3 Å². The van der Waals surface area contributed by atoms with Crippen LogP contribution in [0.15, 0.2) is 24.3 Å². The molecule has 1 aliphatic rings. The molecule has 148 valence electrons. The van der Waals surface area contributed by atoms with Gasteiger partial charge in [-0.2, -0.15) is 13.2 Å². The maximum absolute atomic E-state index is 13.5. The summed E-state index contributed by atoms with van der Waals surface area (Å²) in [5, 5.41) is 0. The standard InChI is InChI=1S/C17H23F4NO3S/c1-15(2,3)26(23)22-14(17(19,20)21)7-8-16(24-9-10-25-16)12-5-4-6-13(18)11-12/h4-6,11,14,22H,7-10H2,1-3H3/t14?,26-/m0/s1. The molecule has 1 N–H and O–H groups in total. The number of halogens is 4. The van der Waals surface area contributed by atoms with Crippen LogP contribution in [0.5, 0.6) is 0 Å². The van der Waals surface area contributed by atoms with Crippen molar-refractivity contribution in [2.24, 2.45) is 0 Å². The monoisotopic (exact) mass is 397 g/mol. The van der Waals surface area contributed by atoms with Gasteiger partial charge in [0.2, 0.25) is 0 Å². The van der Waals surface area contributed by atoms with Crippen LogP contribution in [-0.2, 0) is 26.6 Å². The quantitative estimate of drug-likeness (QED) is 0.586. The topological polar surface area (TPSA) is 53.5 Å². The second-order valence-electron chi connectivity index (χ2n) is 7.09. The zero-order valence-electron chi connectivity index (χ0n) is 14.9. The van der Waals surface area contributed by atoms with Crippen LogP contribution < -0.4 is 4.72 Å². The van der Waals surface area contributed by atoms with E-state index in [-0.39, 0.29) is 19.6 Å². The zero-order valence-corrected chi connectivity index (χ0v) is 15.7. The summed E-state index contributed by atoms with van der Waals surface area (Å²) in [5.74, 6) is -1.96. The Labute approximate surface area is 153 Å². The van der Waals surface area contributed by atoms with Gasteiger partial charge < -0.3 is 14.0 Å². The van der Waals surface area contributed by atoms with Crippen LogP contribution in [0, 0.1) is 5.82 Å². The maximum atomic E-state index is 13.5. The molecule has 1 fully saturated rings. The minimum Gasteiger partial charge on any atom is -0.598 e. The van der Waals surface area contributed by atoms with E-state index in [2.05, 4.69) is 4.72 Å². The molecule has 0 spiro atoms. The first-order valence-corrected chi connectivity index (χ1v) is 9.38. The summed E-state index contributed by atoms with van der Waals surface area (Å²) in [6.07, 6.45) is -5.18. The summed E-state index contributed by atoms with van der Waals surface area (Å²) in [5.41, 5.74) is 0.327. The smallest absolute Gasteiger partial charge is 0.408 e. The number of rotatable bonds is 6. The Hall–Kier alpha value is -0.870. The summed E-state index contributed by atoms with van der Waals surface area (Å²) in [6, 6.07) is 3.43. The van der Waals surface area contributed by atoms with E-state index in [0.29, 0.717) is 5.56 Å². The largest absolute Gasteiger partial charge is 0.598 e. The van der Waals surface area contributed by atoms with Gasteiger partial charge in [0.1, 0.15) is 16.6 Å². The van der Waals surface area contributed by atoms with Gasteiger partial charge in [0.15, 0.2) is 5.79 Å². The summed E-state index contributed by atoms with van der Waals surface area (Å²) in [6.45, 7) is 5.16. The minimum absolute atomic E-state index is 0.158. The van der Waals surface area contributed by atoms with E-state index in [0.717, 1.165) is 0 Å². The molecule has 0 amide bonds. The van der Waals surface area contributed by atoms with Crippen LogP contribution in [0.25, 0.3) is 0 Å². The van der Waals surface area contributed by atoms with Crippen molar-refractivity contribution in [1.29, 1.82) is 0 Å². The third-order valence-corrected chi connectivity index (χ3v) is 5.59. The highest BCUT2D eigenvalue weighted by Gasteiger charge is 2.47. The number of hydrogen-bond acceptors (Lipinski definition) is 4. The van der Waals surface area contributed by atoms with Crippen LogP contribution >= 0.6 is 0 Å². The van der Waals surface area contributed by atoms with Crippen LogP contribution in [0.1, 0.15) is 39.2 Å². The molecule has 2 atom stereocenters. The van der Waals surface area contributed by atoms with Crippen molar-refractivity contribution in [3.8, 4) is 0 Å². The molecule has 1 saturated heterocycles. The van der Waals surface area contributed by atoms with Gasteiger partial charge in [-0.05, 0) is 39.3 Å². The first-order chi connectivity index (χ1) is 11.9. The molecule has 1 aromatic carbocycles. The van der Waals surface area contributed by atoms with Gasteiger partial charge in [0.05, 0.1) is 13.2 Å². The fourth-order valence-corrected chi connectivity index (χ4v) is 3.43. The molecule has 0 bridgehead atoms. The molecule has 1 aliphatic heterocycles. The van der Waals surface area contributed by atoms with Gasteiger partial charge in [-0.15, -0.1) is 4.72 Å². The Balaban J connectivity index is 2.17. The second kappa shape index (κ2) is 8.02. The lowest BCUT2D eigenvalue weighted by Gasteiger charge is -2.32. The first-order valence-electron chi connectivity index (χ1n) is 8.23. The molecular formula is C17H23F4NO3S. The lowest BCUT2D eigenvalue weighted by molar-refractivity contribution is -0.187. The highest BCUT2D eigenvalue weighted by atomic mass is 32.2. The van der Waals surface area contributed by atoms with Gasteiger partial charge in [0.25, 0.3) is 0 Å². The van der Waals surface area contributed by atoms with Crippen LogP contribution in [0.4, 0.5) is 17.6 Å². The number of nitrogens with one attached hydrogen (secondary N) is 1. The molecular weight excluding hydrogens is 374 g/mol. The Bertz CT molecular complexity index is 600. The number of alkyl halides is 3. The van der Waals surface area contributed by atoms with E-state index in [1.54, 1.807) is 26.8 Å². The molecule has 0 aliphatic carbocycles. The van der Waals surface area contributed by atoms with Gasteiger partial charge in [-0.3, -0.25) is 0 Å². The molecule has 26 heavy (non-hydrogen) atoms. The fraction of sp³-hybridized carbons (Fsp3) is 0.647. The third kappa shape index (κ3) is 5.32. The molecule has 0 radical (unpaired) electrons. The summed E-state index contributed by atoms with van der Waals surface area (Å²) in [7, 11) is 0. The van der Waals surface area contributed by atoms with Crippen molar-refractivity contribution in [2.75, 3.05) is 13.2 Å². The molecule has 9 heteroatoms. The average Bonchev–Trinajstić information content (AvgIpc) is 2.99. The third-order valence-electron chi connectivity index (χ3n) is 3.98. The van der Waals surface area contributed by atoms with Gasteiger partial charge in [-0.25, -0.2) is 4.39 Å². The van der Waals surface area contributed by atoms with E-state index in [1.807, 2.05) is 0 Å². The Morgan fingerprint density at radius 2 is 1.85 bits per heavy atom. The van der Waals surface area contributed by atoms with Crippen molar-refractivity contribution in [1.82, 2.24) is 4.72 Å². The van der Waals surface area contributed by atoms with Crippen LogP contribution in [0.2, 0.25) is 0 Å². The first kappa shape index (κ1) is 21.4. The van der Waals surface area contributed by atoms with Crippen molar-refractivity contribution in [3.63, 3.8) is 0 Å². The number of hydrogen-bond donors (Lipinski definition) is 1. The lowest BCUT2D eigenvalue weighted by atomic mass is 9.98. The predicted molar refractivity (Wildman–Crippen MR) is 90.1 cm³/mol. The Morgan fingerprint density at radius 1 is 1.23 bits per heavy atom. The van der Waals surface area contributed by atoms with Crippen molar-refractivity contribution < 1.29 is 31.6 Å². The average molecular weight is 397 g/mol. The van der Waals surface area contributed by atoms with E-state index in [4.69, 9.17) is 9.47 Å². The maximum Gasteiger partial charge on any atom is 0.408 e. The van der Waals surface area contributed by atoms with Crippen LogP contribution in [-0.4, -0.2) is 34.7 Å². The zero-order chi connectivity index (χ0) is 19.6. The highest BCUT2D eigenvalue weighted by Crippen LogP contribution is 2.38. The molecule has 1 unspecified atom stereocenters. The predicted octanol–water partition coefficient (Wildman–Crippen LogP) is 3.79. The van der Waals surface area contributed by atoms with Gasteiger partial charge in [-0.1, -0.05) is 12.1 Å². The van der Waals surface area contributed by atoms with Crippen LogP contribution in [0.3, 0.4) is 0 Å². The molecule has 0 saturated carbocycles. The van der Waals surface area contributed by atoms with Crippen molar-refractivity contribution in [2.45, 2.75) is 56.4 Å². The SMILES string of the molecule is CC(C)(C)[S@+]([O-])NC(CCC1(c2cccc(F)c2)OCCO1)C(F)(F)F. The van der Waals surface area contributed by atoms with Gasteiger partial charge >= 0.3 is 6.18 Å². The Kier molecular flexibility index (Phi) is 6.61. The molecule has 1 aromatic rings. The molecule has 2 rings (SSSR count). The van der Waals surface area contributed by atoms with E-state index in [9.17, 15) is 22.1 Å². The second-order valence-corrected chi connectivity index (χ2v) is 9.09. The summed E-state index contributed by atoms with van der Waals surface area (Å²) >= 11 is -1.89. The highest BCUT2D eigenvalue weighted by molar-refractivity contribution is 7.90. The molecule has 1 heterocycles. The van der Waals surface area contributed by atoms with E-state index >= 15 is 0 Å². The Morgan fingerprint density at radius 3 is 2.35 bits per heavy atom. The normalized spacial score (nSPS) is 20.2. The van der Waals surface area contributed by atoms with Crippen molar-refractivity contribution in [3.05, 3.63) is 35.6 Å². The fourth-order valence-electron chi connectivity index (χ4n) is 2.57. The number of ether oxygens (including phenoxy) is 2. The number of benzene rings is 1. The summed E-state index contributed by atoms with van der Waals surface area (Å²) < 4.78 is 78.3. The van der Waals surface area contributed by atoms with Crippen molar-refractivity contribution >= 4 is 11.4 Å². The lowest BCUT2D eigenvalue weighted by Crippen LogP contribution is -2.51. The molecule has 4 nitrogen and oxygen atoms in total. The van der Waals surface area contributed by atoms with E-state index in [1.165, 1.54) is 18.2 Å². The van der Waals surface area contributed by atoms with E-state index < -0.39 is 46.4 Å². The summed E-state index contributed by atoms with van der Waals surface area (Å²) in [4.78, 5) is 0. The molecule has 0 aromatic heterocycles. The minimum atomic E-state index is -4.59.